The summed E-state index contributed by atoms with van der Waals surface area (Å²) < 4.78 is 16.6. The summed E-state index contributed by atoms with van der Waals surface area (Å²) in [6, 6.07) is 20.7. The first-order valence-corrected chi connectivity index (χ1v) is 12.3. The summed E-state index contributed by atoms with van der Waals surface area (Å²) in [5.41, 5.74) is 2.18. The maximum atomic E-state index is 12.1. The number of benzene rings is 3. The summed E-state index contributed by atoms with van der Waals surface area (Å²) in [5.74, 6) is 1.73. The Morgan fingerprint density at radius 2 is 1.79 bits per heavy atom. The molecular formula is C27H29NO4S. The largest absolute Gasteiger partial charge is 0.492 e. The second-order valence-corrected chi connectivity index (χ2v) is 8.72. The minimum absolute atomic E-state index is 0.219. The number of anilines is 1. The van der Waals surface area contributed by atoms with E-state index >= 15 is 0 Å². The Hall–Kier alpha value is -3.12. The molecule has 0 saturated heterocycles. The lowest BCUT2D eigenvalue weighted by Gasteiger charge is -2.30. The molecule has 172 valence electrons. The minimum atomic E-state index is -0.446. The SMILES string of the molecule is CCOC(=O)/C(=C\c1ccc2cc(OCCN3CCSc4ccccc43)ccc2c1)OCC. The van der Waals surface area contributed by atoms with E-state index in [4.69, 9.17) is 14.2 Å². The summed E-state index contributed by atoms with van der Waals surface area (Å²) in [4.78, 5) is 15.8. The van der Waals surface area contributed by atoms with Crippen LogP contribution < -0.4 is 9.64 Å². The van der Waals surface area contributed by atoms with Gasteiger partial charge in [0.1, 0.15) is 12.4 Å². The van der Waals surface area contributed by atoms with Gasteiger partial charge >= 0.3 is 5.97 Å². The quantitative estimate of drug-likeness (QED) is 0.228. The molecule has 1 aliphatic rings. The normalized spacial score (nSPS) is 13.5. The minimum Gasteiger partial charge on any atom is -0.492 e. The zero-order valence-corrected chi connectivity index (χ0v) is 19.9. The van der Waals surface area contributed by atoms with Crippen molar-refractivity contribution in [3.8, 4) is 5.75 Å². The predicted octanol–water partition coefficient (Wildman–Crippen LogP) is 5.77. The number of ether oxygens (including phenoxy) is 3. The first-order chi connectivity index (χ1) is 16.2. The average Bonchev–Trinajstić information content (AvgIpc) is 2.84. The summed E-state index contributed by atoms with van der Waals surface area (Å²) in [6.45, 7) is 6.86. The number of fused-ring (bicyclic) bond motifs is 2. The van der Waals surface area contributed by atoms with Crippen LogP contribution in [0.15, 0.2) is 71.3 Å². The second kappa shape index (κ2) is 11.1. The van der Waals surface area contributed by atoms with Gasteiger partial charge in [0, 0.05) is 17.2 Å². The summed E-state index contributed by atoms with van der Waals surface area (Å²) in [5, 5.41) is 2.15. The predicted molar refractivity (Wildman–Crippen MR) is 135 cm³/mol. The maximum absolute atomic E-state index is 12.1. The van der Waals surface area contributed by atoms with Gasteiger partial charge < -0.3 is 19.1 Å². The van der Waals surface area contributed by atoms with Crippen molar-refractivity contribution >= 4 is 40.3 Å². The Labute approximate surface area is 199 Å². The average molecular weight is 464 g/mol. The molecule has 0 atom stereocenters. The number of carbonyl (C=O) groups is 1. The van der Waals surface area contributed by atoms with E-state index in [2.05, 4.69) is 35.2 Å². The fraction of sp³-hybridized carbons (Fsp3) is 0.296. The topological polar surface area (TPSA) is 48.0 Å². The first kappa shape index (κ1) is 23.1. The highest BCUT2D eigenvalue weighted by Crippen LogP contribution is 2.34. The number of nitrogens with zero attached hydrogens (tertiary/aromatic N) is 1. The van der Waals surface area contributed by atoms with Gasteiger partial charge in [0.25, 0.3) is 0 Å². The van der Waals surface area contributed by atoms with E-state index in [9.17, 15) is 4.79 Å². The number of rotatable bonds is 9. The van der Waals surface area contributed by atoms with Crippen LogP contribution in [0.3, 0.4) is 0 Å². The van der Waals surface area contributed by atoms with Crippen molar-refractivity contribution in [3.05, 3.63) is 72.0 Å². The van der Waals surface area contributed by atoms with E-state index in [0.29, 0.717) is 19.8 Å². The van der Waals surface area contributed by atoms with Crippen LogP contribution in [0.4, 0.5) is 5.69 Å². The van der Waals surface area contributed by atoms with Gasteiger partial charge in [-0.15, -0.1) is 11.8 Å². The number of carbonyl (C=O) groups excluding carboxylic acids is 1. The highest BCUT2D eigenvalue weighted by Gasteiger charge is 2.16. The molecule has 0 amide bonds. The summed E-state index contributed by atoms with van der Waals surface area (Å²) >= 11 is 1.91. The summed E-state index contributed by atoms with van der Waals surface area (Å²) in [6.07, 6.45) is 1.72. The number of hydrogen-bond acceptors (Lipinski definition) is 6. The van der Waals surface area contributed by atoms with Crippen molar-refractivity contribution in [1.29, 1.82) is 0 Å². The van der Waals surface area contributed by atoms with Crippen LogP contribution in [-0.2, 0) is 14.3 Å². The Morgan fingerprint density at radius 1 is 1.00 bits per heavy atom. The molecule has 0 fully saturated rings. The number of thioether (sulfide) groups is 1. The molecule has 1 aliphatic heterocycles. The lowest BCUT2D eigenvalue weighted by Crippen LogP contribution is -2.33. The smallest absolute Gasteiger partial charge is 0.373 e. The Balaban J connectivity index is 1.42. The molecule has 4 rings (SSSR count). The molecule has 0 radical (unpaired) electrons. The van der Waals surface area contributed by atoms with Crippen LogP contribution in [0, 0.1) is 0 Å². The van der Waals surface area contributed by atoms with E-state index in [1.807, 2.05) is 49.0 Å². The molecule has 0 aliphatic carbocycles. The van der Waals surface area contributed by atoms with Gasteiger partial charge in [-0.1, -0.05) is 30.3 Å². The standard InChI is InChI=1S/C27H29NO4S/c1-3-30-25(27(29)31-4-2)18-20-9-10-22-19-23(12-11-21(22)17-20)32-15-13-28-14-16-33-26-8-6-5-7-24(26)28/h5-12,17-19H,3-4,13-16H2,1-2H3/b25-18+. The monoisotopic (exact) mass is 463 g/mol. The third kappa shape index (κ3) is 5.82. The molecule has 33 heavy (non-hydrogen) atoms. The van der Waals surface area contributed by atoms with E-state index < -0.39 is 5.97 Å². The molecule has 1 heterocycles. The molecule has 5 nitrogen and oxygen atoms in total. The molecule has 0 unspecified atom stereocenters. The molecule has 3 aromatic rings. The van der Waals surface area contributed by atoms with Crippen LogP contribution in [0.25, 0.3) is 16.8 Å². The maximum Gasteiger partial charge on any atom is 0.373 e. The molecule has 6 heteroatoms. The van der Waals surface area contributed by atoms with E-state index in [0.717, 1.165) is 40.9 Å². The number of para-hydroxylation sites is 1. The van der Waals surface area contributed by atoms with Crippen LogP contribution in [-0.4, -0.2) is 44.6 Å². The van der Waals surface area contributed by atoms with E-state index in [1.54, 1.807) is 13.0 Å². The van der Waals surface area contributed by atoms with Gasteiger partial charge in [0.15, 0.2) is 0 Å². The van der Waals surface area contributed by atoms with Crippen molar-refractivity contribution in [3.63, 3.8) is 0 Å². The second-order valence-electron chi connectivity index (χ2n) is 7.58. The molecule has 0 N–H and O–H groups in total. The van der Waals surface area contributed by atoms with Crippen molar-refractivity contribution < 1.29 is 19.0 Å². The van der Waals surface area contributed by atoms with Crippen molar-refractivity contribution in [2.24, 2.45) is 0 Å². The zero-order valence-electron chi connectivity index (χ0n) is 19.1. The van der Waals surface area contributed by atoms with Crippen LogP contribution >= 0.6 is 11.8 Å². The number of esters is 1. The molecule has 0 saturated carbocycles. The van der Waals surface area contributed by atoms with Crippen LogP contribution in [0.2, 0.25) is 0 Å². The third-order valence-corrected chi connectivity index (χ3v) is 6.41. The van der Waals surface area contributed by atoms with Gasteiger partial charge in [-0.3, -0.25) is 0 Å². The molecule has 0 aromatic heterocycles. The molecular weight excluding hydrogens is 434 g/mol. The highest BCUT2D eigenvalue weighted by atomic mass is 32.2. The van der Waals surface area contributed by atoms with Gasteiger partial charge in [-0.05, 0) is 66.6 Å². The lowest BCUT2D eigenvalue weighted by molar-refractivity contribution is -0.142. The molecule has 0 spiro atoms. The number of hydrogen-bond donors (Lipinski definition) is 0. The Morgan fingerprint density at radius 3 is 2.64 bits per heavy atom. The highest BCUT2D eigenvalue weighted by molar-refractivity contribution is 7.99. The van der Waals surface area contributed by atoms with Crippen molar-refractivity contribution in [2.45, 2.75) is 18.7 Å². The van der Waals surface area contributed by atoms with Crippen LogP contribution in [0.5, 0.6) is 5.75 Å². The third-order valence-electron chi connectivity index (χ3n) is 5.36. The van der Waals surface area contributed by atoms with Crippen LogP contribution in [0.1, 0.15) is 19.4 Å². The first-order valence-electron chi connectivity index (χ1n) is 11.3. The van der Waals surface area contributed by atoms with Gasteiger partial charge in [-0.25, -0.2) is 4.79 Å². The van der Waals surface area contributed by atoms with Crippen molar-refractivity contribution in [2.75, 3.05) is 43.6 Å². The Kier molecular flexibility index (Phi) is 7.79. The fourth-order valence-electron chi connectivity index (χ4n) is 3.82. The van der Waals surface area contributed by atoms with Crippen molar-refractivity contribution in [1.82, 2.24) is 0 Å². The lowest BCUT2D eigenvalue weighted by atomic mass is 10.1. The molecule has 3 aromatic carbocycles. The van der Waals surface area contributed by atoms with E-state index in [1.165, 1.54) is 10.6 Å². The van der Waals surface area contributed by atoms with Gasteiger partial charge in [0.2, 0.25) is 5.76 Å². The van der Waals surface area contributed by atoms with Gasteiger partial charge in [-0.2, -0.15) is 0 Å². The fourth-order valence-corrected chi connectivity index (χ4v) is 4.87. The molecule has 0 bridgehead atoms. The summed E-state index contributed by atoms with van der Waals surface area (Å²) in [7, 11) is 0. The zero-order chi connectivity index (χ0) is 23.0. The van der Waals surface area contributed by atoms with E-state index in [-0.39, 0.29) is 5.76 Å². The van der Waals surface area contributed by atoms with Gasteiger partial charge in [0.05, 0.1) is 25.4 Å². The Bertz CT molecular complexity index is 1140.